The maximum absolute atomic E-state index is 10.8. The molecule has 0 bridgehead atoms. The molecule has 182 valence electrons. The molecule has 2 saturated heterocycles. The van der Waals surface area contributed by atoms with Crippen molar-refractivity contribution in [2.45, 2.75) is 102 Å². The van der Waals surface area contributed by atoms with Gasteiger partial charge < -0.3 is 33.5 Å². The molecular formula is C24H44O7. The van der Waals surface area contributed by atoms with Crippen LogP contribution in [0.5, 0.6) is 0 Å². The molecule has 7 heteroatoms. The van der Waals surface area contributed by atoms with Gasteiger partial charge in [0.1, 0.15) is 18.3 Å². The van der Waals surface area contributed by atoms with E-state index in [1.54, 1.807) is 28.4 Å². The summed E-state index contributed by atoms with van der Waals surface area (Å²) in [4.78, 5) is 0. The highest BCUT2D eigenvalue weighted by Gasteiger charge is 2.50. The molecule has 0 unspecified atom stereocenters. The normalized spacial score (nSPS) is 35.5. The predicted octanol–water partition coefficient (Wildman–Crippen LogP) is 3.33. The van der Waals surface area contributed by atoms with Crippen LogP contribution >= 0.6 is 0 Å². The second kappa shape index (κ2) is 12.6. The Bertz CT molecular complexity index is 550. The van der Waals surface area contributed by atoms with Gasteiger partial charge in [0.2, 0.25) is 0 Å². The van der Waals surface area contributed by atoms with Crippen molar-refractivity contribution in [2.75, 3.05) is 28.4 Å². The lowest BCUT2D eigenvalue weighted by atomic mass is 9.89. The average molecular weight is 445 g/mol. The Morgan fingerprint density at radius 3 is 2.32 bits per heavy atom. The maximum atomic E-state index is 10.8. The Morgan fingerprint density at radius 1 is 1.06 bits per heavy atom. The van der Waals surface area contributed by atoms with Gasteiger partial charge in [0, 0.05) is 40.8 Å². The Hall–Kier alpha value is -0.540. The standard InChI is InChI=1S/C24H44O7/c1-9-17(26-5)16(4)22-24(31-22)20(25)14(2)11-10-12-15(3)21-23(29-8)18(27-6)13-19(28-7)30-21/h12,14,16-25H,9-11,13H2,1-8H3/b15-12+/t14-,16+,17-,18-,19+,20+,21-,22-,23+,24-/m0/s1. The molecule has 0 radical (unpaired) electrons. The molecule has 0 aromatic heterocycles. The van der Waals surface area contributed by atoms with E-state index >= 15 is 0 Å². The van der Waals surface area contributed by atoms with Gasteiger partial charge in [-0.2, -0.15) is 0 Å². The largest absolute Gasteiger partial charge is 0.390 e. The van der Waals surface area contributed by atoms with Crippen molar-refractivity contribution >= 4 is 0 Å². The minimum absolute atomic E-state index is 0.0784. The first-order chi connectivity index (χ1) is 14.8. The molecule has 2 rings (SSSR count). The molecule has 0 spiro atoms. The number of aliphatic hydroxyl groups excluding tert-OH is 1. The van der Waals surface area contributed by atoms with Crippen LogP contribution in [0.25, 0.3) is 0 Å². The predicted molar refractivity (Wildman–Crippen MR) is 119 cm³/mol. The number of ether oxygens (including phenoxy) is 6. The number of hydrogen-bond donors (Lipinski definition) is 1. The molecule has 2 heterocycles. The third kappa shape index (κ3) is 6.73. The van der Waals surface area contributed by atoms with Gasteiger partial charge in [-0.1, -0.05) is 26.8 Å². The zero-order valence-corrected chi connectivity index (χ0v) is 20.6. The highest BCUT2D eigenvalue weighted by atomic mass is 16.7. The molecule has 2 aliphatic rings. The Morgan fingerprint density at radius 2 is 1.77 bits per heavy atom. The minimum atomic E-state index is -0.469. The van der Waals surface area contributed by atoms with Crippen molar-refractivity contribution in [3.8, 4) is 0 Å². The van der Waals surface area contributed by atoms with Gasteiger partial charge in [-0.15, -0.1) is 0 Å². The van der Waals surface area contributed by atoms with Gasteiger partial charge in [-0.3, -0.25) is 0 Å². The number of methoxy groups -OCH3 is 4. The number of hydrogen-bond acceptors (Lipinski definition) is 7. The third-order valence-electron chi connectivity index (χ3n) is 7.05. The first kappa shape index (κ1) is 26.7. The summed E-state index contributed by atoms with van der Waals surface area (Å²) >= 11 is 0. The summed E-state index contributed by atoms with van der Waals surface area (Å²) in [5.41, 5.74) is 1.09. The van der Waals surface area contributed by atoms with Crippen molar-refractivity contribution in [3.63, 3.8) is 0 Å². The number of allylic oxidation sites excluding steroid dienone is 1. The van der Waals surface area contributed by atoms with E-state index in [4.69, 9.17) is 28.4 Å². The smallest absolute Gasteiger partial charge is 0.160 e. The van der Waals surface area contributed by atoms with E-state index in [0.717, 1.165) is 24.8 Å². The molecule has 7 nitrogen and oxygen atoms in total. The van der Waals surface area contributed by atoms with Gasteiger partial charge in [-0.05, 0) is 37.7 Å². The zero-order valence-electron chi connectivity index (χ0n) is 20.6. The van der Waals surface area contributed by atoms with Gasteiger partial charge in [0.05, 0.1) is 24.4 Å². The van der Waals surface area contributed by atoms with Crippen molar-refractivity contribution < 1.29 is 33.5 Å². The molecule has 0 aromatic carbocycles. The van der Waals surface area contributed by atoms with Crippen LogP contribution in [0.3, 0.4) is 0 Å². The summed E-state index contributed by atoms with van der Waals surface area (Å²) in [5, 5.41) is 10.8. The first-order valence-corrected chi connectivity index (χ1v) is 11.6. The minimum Gasteiger partial charge on any atom is -0.390 e. The zero-order chi connectivity index (χ0) is 23.1. The monoisotopic (exact) mass is 444 g/mol. The number of epoxide rings is 1. The van der Waals surface area contributed by atoms with Crippen LogP contribution < -0.4 is 0 Å². The van der Waals surface area contributed by atoms with Crippen LogP contribution in [0.4, 0.5) is 0 Å². The Kier molecular flexibility index (Phi) is 10.9. The lowest BCUT2D eigenvalue weighted by molar-refractivity contribution is -0.241. The molecular weight excluding hydrogens is 400 g/mol. The summed E-state index contributed by atoms with van der Waals surface area (Å²) < 4.78 is 34.2. The first-order valence-electron chi connectivity index (χ1n) is 11.6. The van der Waals surface area contributed by atoms with Gasteiger partial charge >= 0.3 is 0 Å². The highest BCUT2D eigenvalue weighted by molar-refractivity contribution is 5.11. The summed E-state index contributed by atoms with van der Waals surface area (Å²) in [7, 11) is 6.76. The fraction of sp³-hybridized carbons (Fsp3) is 0.917. The van der Waals surface area contributed by atoms with E-state index in [1.165, 1.54) is 0 Å². The molecule has 1 N–H and O–H groups in total. The molecule has 10 atom stereocenters. The van der Waals surface area contributed by atoms with Crippen LogP contribution in [0.2, 0.25) is 0 Å². The highest BCUT2D eigenvalue weighted by Crippen LogP contribution is 2.38. The fourth-order valence-corrected chi connectivity index (χ4v) is 4.82. The van der Waals surface area contributed by atoms with Crippen LogP contribution in [-0.2, 0) is 28.4 Å². The second-order valence-corrected chi connectivity index (χ2v) is 9.03. The van der Waals surface area contributed by atoms with Crippen LogP contribution in [0.1, 0.15) is 53.4 Å². The van der Waals surface area contributed by atoms with E-state index in [-0.39, 0.29) is 54.7 Å². The molecule has 2 aliphatic heterocycles. The van der Waals surface area contributed by atoms with E-state index in [9.17, 15) is 5.11 Å². The average Bonchev–Trinajstić information content (AvgIpc) is 3.58. The van der Waals surface area contributed by atoms with Gasteiger partial charge in [0.25, 0.3) is 0 Å². The lowest BCUT2D eigenvalue weighted by Crippen LogP contribution is -2.51. The summed E-state index contributed by atoms with van der Waals surface area (Å²) in [6.07, 6.45) is 4.37. The van der Waals surface area contributed by atoms with Gasteiger partial charge in [0.15, 0.2) is 6.29 Å². The van der Waals surface area contributed by atoms with Gasteiger partial charge in [-0.25, -0.2) is 0 Å². The summed E-state index contributed by atoms with van der Waals surface area (Å²) in [5.74, 6) is 0.415. The van der Waals surface area contributed by atoms with E-state index in [0.29, 0.717) is 6.42 Å². The van der Waals surface area contributed by atoms with Crippen molar-refractivity contribution in [3.05, 3.63) is 11.6 Å². The summed E-state index contributed by atoms with van der Waals surface area (Å²) in [6, 6.07) is 0. The van der Waals surface area contributed by atoms with Crippen molar-refractivity contribution in [1.29, 1.82) is 0 Å². The van der Waals surface area contributed by atoms with Crippen LogP contribution in [-0.4, -0.2) is 82.6 Å². The topological polar surface area (TPSA) is 78.9 Å². The third-order valence-corrected chi connectivity index (χ3v) is 7.05. The van der Waals surface area contributed by atoms with Crippen LogP contribution in [0, 0.1) is 11.8 Å². The van der Waals surface area contributed by atoms with E-state index < -0.39 is 6.10 Å². The molecule has 31 heavy (non-hydrogen) atoms. The number of rotatable bonds is 13. The molecule has 0 amide bonds. The maximum Gasteiger partial charge on any atom is 0.160 e. The number of aliphatic hydroxyl groups is 1. The SMILES string of the molecule is CC[C@H](OC)[C@@H](C)[C@@H]1O[C@H]1[C@H](O)[C@@H](C)CC/C=C(\C)[C@@H]1O[C@@H](OC)C[C@H](OC)[C@H]1OC. The molecule has 0 aliphatic carbocycles. The van der Waals surface area contributed by atoms with Crippen LogP contribution in [0.15, 0.2) is 11.6 Å². The quantitative estimate of drug-likeness (QED) is 0.345. The van der Waals surface area contributed by atoms with Crippen molar-refractivity contribution in [2.24, 2.45) is 11.8 Å². The van der Waals surface area contributed by atoms with E-state index in [2.05, 4.69) is 33.8 Å². The second-order valence-electron chi connectivity index (χ2n) is 9.03. The summed E-state index contributed by atoms with van der Waals surface area (Å²) in [6.45, 7) is 8.40. The lowest BCUT2D eigenvalue weighted by Gasteiger charge is -2.40. The molecule has 2 fully saturated rings. The fourth-order valence-electron chi connectivity index (χ4n) is 4.82. The Labute approximate surface area is 188 Å². The Balaban J connectivity index is 1.87. The van der Waals surface area contributed by atoms with E-state index in [1.807, 2.05) is 0 Å². The molecule has 0 saturated carbocycles. The van der Waals surface area contributed by atoms with Crippen molar-refractivity contribution in [1.82, 2.24) is 0 Å². The molecule has 0 aromatic rings.